The molecule has 4 rings (SSSR count). The lowest BCUT2D eigenvalue weighted by Crippen LogP contribution is -2.41. The molecule has 0 aromatic rings. The van der Waals surface area contributed by atoms with Crippen LogP contribution in [0, 0.1) is 35.0 Å². The van der Waals surface area contributed by atoms with Crippen molar-refractivity contribution in [3.8, 4) is 6.07 Å². The fourth-order valence-electron chi connectivity index (χ4n) is 4.53. The van der Waals surface area contributed by atoms with Gasteiger partial charge in [0.25, 0.3) is 0 Å². The summed E-state index contributed by atoms with van der Waals surface area (Å²) in [5.74, 6) is 2.26. The molecule has 0 radical (unpaired) electrons. The zero-order chi connectivity index (χ0) is 12.7. The summed E-state index contributed by atoms with van der Waals surface area (Å²) in [6, 6.07) is 2.12. The molecule has 0 spiro atoms. The molecule has 3 heteroatoms. The first-order chi connectivity index (χ1) is 8.72. The highest BCUT2D eigenvalue weighted by Gasteiger charge is 2.47. The number of nitriles is 1. The lowest BCUT2D eigenvalue weighted by molar-refractivity contribution is -0.138. The average Bonchev–Trinajstić information content (AvgIpc) is 2.33. The van der Waals surface area contributed by atoms with E-state index in [1.165, 1.54) is 32.1 Å². The second kappa shape index (κ2) is 4.42. The molecule has 4 aliphatic carbocycles. The second-order valence-electron chi connectivity index (χ2n) is 5.97. The Morgan fingerprint density at radius 2 is 1.78 bits per heavy atom. The van der Waals surface area contributed by atoms with Crippen LogP contribution in [-0.4, -0.2) is 12.6 Å². The van der Waals surface area contributed by atoms with Gasteiger partial charge in [0.2, 0.25) is 0 Å². The van der Waals surface area contributed by atoms with Crippen LogP contribution in [0.25, 0.3) is 0 Å². The quantitative estimate of drug-likeness (QED) is 0.427. The Hall–Kier alpha value is -1.30. The number of hydrogen-bond donors (Lipinski definition) is 0. The molecule has 0 amide bonds. The first kappa shape index (κ1) is 11.8. The number of rotatable bonds is 2. The predicted octanol–water partition coefficient (Wildman–Crippen LogP) is 2.83. The maximum Gasteiger partial charge on any atom is 0.348 e. The van der Waals surface area contributed by atoms with E-state index in [-0.39, 0.29) is 0 Å². The Bertz CT molecular complexity index is 414. The van der Waals surface area contributed by atoms with Gasteiger partial charge >= 0.3 is 5.97 Å². The van der Waals surface area contributed by atoms with E-state index >= 15 is 0 Å². The summed E-state index contributed by atoms with van der Waals surface area (Å²) >= 11 is 0. The molecule has 0 aromatic heterocycles. The van der Waals surface area contributed by atoms with Crippen molar-refractivity contribution in [2.24, 2.45) is 23.7 Å². The van der Waals surface area contributed by atoms with Crippen molar-refractivity contribution in [1.82, 2.24) is 0 Å². The van der Waals surface area contributed by atoms with Crippen LogP contribution in [0.1, 0.15) is 39.0 Å². The fourth-order valence-corrected chi connectivity index (χ4v) is 4.53. The van der Waals surface area contributed by atoms with Crippen LogP contribution in [0.15, 0.2) is 11.1 Å². The van der Waals surface area contributed by atoms with Crippen LogP contribution in [0.3, 0.4) is 0 Å². The van der Waals surface area contributed by atoms with E-state index in [1.54, 1.807) is 6.92 Å². The largest absolute Gasteiger partial charge is 0.462 e. The Morgan fingerprint density at radius 3 is 2.22 bits per heavy atom. The minimum Gasteiger partial charge on any atom is -0.462 e. The Kier molecular flexibility index (Phi) is 2.89. The highest BCUT2D eigenvalue weighted by Crippen LogP contribution is 2.57. The monoisotopic (exact) mass is 245 g/mol. The molecular weight excluding hydrogens is 226 g/mol. The summed E-state index contributed by atoms with van der Waals surface area (Å²) in [6.07, 6.45) is 6.13. The van der Waals surface area contributed by atoms with E-state index in [0.717, 1.165) is 17.4 Å². The van der Waals surface area contributed by atoms with Crippen LogP contribution >= 0.6 is 0 Å². The van der Waals surface area contributed by atoms with Gasteiger partial charge in [-0.15, -0.1) is 0 Å². The van der Waals surface area contributed by atoms with E-state index in [9.17, 15) is 10.1 Å². The number of carbonyl (C=O) groups is 1. The van der Waals surface area contributed by atoms with Gasteiger partial charge in [-0.05, 0) is 68.3 Å². The van der Waals surface area contributed by atoms with E-state index in [0.29, 0.717) is 24.0 Å². The zero-order valence-electron chi connectivity index (χ0n) is 10.8. The number of hydrogen-bond acceptors (Lipinski definition) is 3. The maximum absolute atomic E-state index is 11.9. The molecule has 0 aromatic carbocycles. The molecule has 0 saturated heterocycles. The van der Waals surface area contributed by atoms with Crippen LogP contribution < -0.4 is 0 Å². The molecule has 4 fully saturated rings. The fraction of sp³-hybridized carbons (Fsp3) is 0.733. The van der Waals surface area contributed by atoms with Gasteiger partial charge in [0.05, 0.1) is 6.61 Å². The van der Waals surface area contributed by atoms with Crippen molar-refractivity contribution in [2.45, 2.75) is 39.0 Å². The van der Waals surface area contributed by atoms with E-state index in [4.69, 9.17) is 4.74 Å². The van der Waals surface area contributed by atoms with Crippen molar-refractivity contribution >= 4 is 5.97 Å². The van der Waals surface area contributed by atoms with Crippen LogP contribution in [0.5, 0.6) is 0 Å². The Balaban J connectivity index is 1.95. The minimum absolute atomic E-state index is 0.325. The van der Waals surface area contributed by atoms with Crippen LogP contribution in [0.2, 0.25) is 0 Å². The summed E-state index contributed by atoms with van der Waals surface area (Å²) < 4.78 is 5.03. The summed E-state index contributed by atoms with van der Waals surface area (Å²) in [4.78, 5) is 11.9. The summed E-state index contributed by atoms with van der Waals surface area (Å²) in [5, 5.41) is 9.30. The number of allylic oxidation sites excluding steroid dienone is 1. The molecule has 0 unspecified atom stereocenters. The molecule has 4 saturated carbocycles. The zero-order valence-corrected chi connectivity index (χ0v) is 10.8. The number of ether oxygens (including phenoxy) is 1. The Morgan fingerprint density at radius 1 is 1.22 bits per heavy atom. The van der Waals surface area contributed by atoms with Crippen LogP contribution in [0.4, 0.5) is 0 Å². The third kappa shape index (κ3) is 1.75. The number of carbonyl (C=O) groups excluding carboxylic acids is 1. The number of esters is 1. The van der Waals surface area contributed by atoms with Gasteiger partial charge in [0.1, 0.15) is 11.6 Å². The van der Waals surface area contributed by atoms with Crippen molar-refractivity contribution in [1.29, 1.82) is 5.26 Å². The first-order valence-corrected chi connectivity index (χ1v) is 7.04. The predicted molar refractivity (Wildman–Crippen MR) is 66.3 cm³/mol. The summed E-state index contributed by atoms with van der Waals surface area (Å²) in [5.41, 5.74) is 1.47. The van der Waals surface area contributed by atoms with Gasteiger partial charge in [-0.3, -0.25) is 0 Å². The molecular formula is C15H19NO2. The van der Waals surface area contributed by atoms with E-state index in [1.807, 2.05) is 0 Å². The van der Waals surface area contributed by atoms with E-state index in [2.05, 4.69) is 6.07 Å². The molecule has 0 atom stereocenters. The summed E-state index contributed by atoms with van der Waals surface area (Å²) in [6.45, 7) is 2.13. The first-order valence-electron chi connectivity index (χ1n) is 7.04. The van der Waals surface area contributed by atoms with Crippen molar-refractivity contribution in [3.63, 3.8) is 0 Å². The molecule has 18 heavy (non-hydrogen) atoms. The smallest absolute Gasteiger partial charge is 0.348 e. The van der Waals surface area contributed by atoms with Crippen molar-refractivity contribution in [3.05, 3.63) is 11.1 Å². The van der Waals surface area contributed by atoms with Crippen LogP contribution in [-0.2, 0) is 9.53 Å². The average molecular weight is 245 g/mol. The molecule has 3 nitrogen and oxygen atoms in total. The van der Waals surface area contributed by atoms with Gasteiger partial charge in [-0.25, -0.2) is 4.79 Å². The van der Waals surface area contributed by atoms with Gasteiger partial charge in [0, 0.05) is 0 Å². The van der Waals surface area contributed by atoms with Crippen molar-refractivity contribution < 1.29 is 9.53 Å². The topological polar surface area (TPSA) is 50.1 Å². The lowest BCUT2D eigenvalue weighted by Gasteiger charge is -2.51. The second-order valence-corrected chi connectivity index (χ2v) is 5.97. The SMILES string of the molecule is CCOC(=O)C(C#N)=C1C2CC3CC(C2)CC1C3. The molecule has 0 heterocycles. The highest BCUT2D eigenvalue weighted by molar-refractivity contribution is 5.94. The maximum atomic E-state index is 11.9. The minimum atomic E-state index is -0.400. The third-order valence-electron chi connectivity index (χ3n) is 4.90. The van der Waals surface area contributed by atoms with Gasteiger partial charge in [-0.2, -0.15) is 5.26 Å². The Labute approximate surface area is 108 Å². The molecule has 0 aliphatic heterocycles. The summed E-state index contributed by atoms with van der Waals surface area (Å²) in [7, 11) is 0. The van der Waals surface area contributed by atoms with Gasteiger partial charge < -0.3 is 4.74 Å². The normalized spacial score (nSPS) is 36.3. The number of nitrogens with zero attached hydrogens (tertiary/aromatic N) is 1. The third-order valence-corrected chi connectivity index (χ3v) is 4.90. The van der Waals surface area contributed by atoms with Gasteiger partial charge in [-0.1, -0.05) is 0 Å². The molecule has 0 N–H and O–H groups in total. The standard InChI is InChI=1S/C15H19NO2/c1-2-18-15(17)13(8-16)14-11-4-9-3-10(6-11)7-12(14)5-9/h9-12H,2-7H2,1H3. The van der Waals surface area contributed by atoms with Crippen molar-refractivity contribution in [2.75, 3.05) is 6.61 Å². The molecule has 4 bridgehead atoms. The lowest BCUT2D eigenvalue weighted by atomic mass is 9.53. The van der Waals surface area contributed by atoms with E-state index < -0.39 is 5.97 Å². The molecule has 96 valence electrons. The molecule has 4 aliphatic rings. The highest BCUT2D eigenvalue weighted by atomic mass is 16.5. The van der Waals surface area contributed by atoms with Gasteiger partial charge in [0.15, 0.2) is 0 Å².